The summed E-state index contributed by atoms with van der Waals surface area (Å²) < 4.78 is 11.9. The minimum absolute atomic E-state index is 0.0707. The molecule has 3 aliphatic heterocycles. The molecule has 43 heavy (non-hydrogen) atoms. The Hall–Kier alpha value is -3.60. The van der Waals surface area contributed by atoms with Crippen LogP contribution in [0.4, 0.5) is 0 Å². The summed E-state index contributed by atoms with van der Waals surface area (Å²) >= 11 is 0. The Balaban J connectivity index is 1.70. The van der Waals surface area contributed by atoms with Gasteiger partial charge in [0.2, 0.25) is 23.6 Å². The standard InChI is InChI=1S/C32H47N5O6/c1-7-19(3)26(33-5)30(39)35-27(20(4)8-2)31(40)37-17-14-25-28(37)32(41)36-16-9-10-23(36)29(38)34-15-13-21-18-22(43-25)11-12-24(21)42-6/h11-13,15,18-20,23,25-28,33H,7-10,14,16-17H2,1-6H3,(H,34,38)(H,35,39)/b15-13-/t19-,20-,23-,25-,26-,27-,28-/m0/s1. The van der Waals surface area contributed by atoms with Crippen LogP contribution in [0.25, 0.3) is 6.08 Å². The number of hydrogen-bond acceptors (Lipinski definition) is 7. The topological polar surface area (TPSA) is 129 Å². The molecule has 0 aromatic heterocycles. The van der Waals surface area contributed by atoms with Crippen molar-refractivity contribution in [1.29, 1.82) is 0 Å². The van der Waals surface area contributed by atoms with E-state index in [9.17, 15) is 19.2 Å². The van der Waals surface area contributed by atoms with Gasteiger partial charge in [-0.05, 0) is 56.0 Å². The van der Waals surface area contributed by atoms with Gasteiger partial charge in [0.1, 0.15) is 35.7 Å². The van der Waals surface area contributed by atoms with E-state index in [1.807, 2.05) is 27.7 Å². The Kier molecular flexibility index (Phi) is 10.7. The van der Waals surface area contributed by atoms with E-state index in [2.05, 4.69) is 16.0 Å². The van der Waals surface area contributed by atoms with Gasteiger partial charge in [0.05, 0.1) is 13.2 Å². The lowest BCUT2D eigenvalue weighted by Crippen LogP contribution is -2.61. The van der Waals surface area contributed by atoms with Crippen LogP contribution in [0.1, 0.15) is 65.4 Å². The highest BCUT2D eigenvalue weighted by molar-refractivity contribution is 5.96. The number of rotatable bonds is 9. The van der Waals surface area contributed by atoms with Crippen molar-refractivity contribution in [2.45, 2.75) is 90.1 Å². The van der Waals surface area contributed by atoms with Crippen LogP contribution in [0.15, 0.2) is 24.4 Å². The maximum Gasteiger partial charge on any atom is 0.249 e. The second-order valence-electron chi connectivity index (χ2n) is 11.9. The number of nitrogens with one attached hydrogen (secondary N) is 3. The Morgan fingerprint density at radius 1 is 1.09 bits per heavy atom. The highest BCUT2D eigenvalue weighted by Gasteiger charge is 2.50. The molecule has 4 rings (SSSR count). The monoisotopic (exact) mass is 597 g/mol. The van der Waals surface area contributed by atoms with Gasteiger partial charge < -0.3 is 35.2 Å². The summed E-state index contributed by atoms with van der Waals surface area (Å²) in [6, 6.07) is 2.47. The molecule has 0 saturated carbocycles. The summed E-state index contributed by atoms with van der Waals surface area (Å²) in [5.41, 5.74) is 0.705. The molecule has 3 N–H and O–H groups in total. The first kappa shape index (κ1) is 32.3. The first-order chi connectivity index (χ1) is 20.6. The maximum absolute atomic E-state index is 14.3. The Bertz CT molecular complexity index is 1220. The highest BCUT2D eigenvalue weighted by atomic mass is 16.5. The van der Waals surface area contributed by atoms with Crippen LogP contribution in [-0.4, -0.2) is 90.9 Å². The average molecular weight is 598 g/mol. The number of methoxy groups -OCH3 is 1. The van der Waals surface area contributed by atoms with Crippen molar-refractivity contribution in [3.8, 4) is 11.5 Å². The minimum atomic E-state index is -0.946. The number of carbonyl (C=O) groups excluding carboxylic acids is 4. The van der Waals surface area contributed by atoms with E-state index in [1.165, 1.54) is 0 Å². The quantitative estimate of drug-likeness (QED) is 0.399. The van der Waals surface area contributed by atoms with E-state index in [-0.39, 0.29) is 42.0 Å². The summed E-state index contributed by atoms with van der Waals surface area (Å²) in [6.07, 6.45) is 5.75. The fourth-order valence-corrected chi connectivity index (χ4v) is 6.32. The van der Waals surface area contributed by atoms with E-state index in [0.29, 0.717) is 49.3 Å². The van der Waals surface area contributed by atoms with Crippen LogP contribution in [0.5, 0.6) is 11.5 Å². The second kappa shape index (κ2) is 14.2. The molecule has 1 aromatic rings. The number of benzene rings is 1. The minimum Gasteiger partial charge on any atom is -0.496 e. The third-order valence-electron chi connectivity index (χ3n) is 9.28. The third-order valence-corrected chi connectivity index (χ3v) is 9.28. The molecule has 2 bridgehead atoms. The number of likely N-dealkylation sites (N-methyl/N-ethyl adjacent to an activating group) is 1. The number of fused-ring (bicyclic) bond motifs is 4. The molecule has 7 atom stereocenters. The SMILES string of the molecule is CC[C@H](C)[C@H](NC)C(=O)N[C@H](C(=O)N1CC[C@@H]2Oc3ccc(OC)c(c3)/C=C\NC(=O)[C@@H]3CCCN3C(=O)[C@H]21)[C@@H](C)CC. The molecule has 0 aliphatic carbocycles. The Morgan fingerprint density at radius 3 is 2.49 bits per heavy atom. The largest absolute Gasteiger partial charge is 0.496 e. The summed E-state index contributed by atoms with van der Waals surface area (Å²) in [7, 11) is 3.31. The maximum atomic E-state index is 14.3. The van der Waals surface area contributed by atoms with Crippen LogP contribution in [0, 0.1) is 11.8 Å². The predicted molar refractivity (Wildman–Crippen MR) is 163 cm³/mol. The molecule has 2 fully saturated rings. The summed E-state index contributed by atoms with van der Waals surface area (Å²) in [5.74, 6) is -0.109. The number of amides is 4. The predicted octanol–water partition coefficient (Wildman–Crippen LogP) is 2.30. The zero-order valence-corrected chi connectivity index (χ0v) is 26.2. The van der Waals surface area contributed by atoms with Crippen LogP contribution in [-0.2, 0) is 19.2 Å². The van der Waals surface area contributed by atoms with Gasteiger partial charge in [-0.1, -0.05) is 40.5 Å². The van der Waals surface area contributed by atoms with Gasteiger partial charge in [-0.25, -0.2) is 0 Å². The van der Waals surface area contributed by atoms with Crippen molar-refractivity contribution in [2.75, 3.05) is 27.2 Å². The molecule has 1 aromatic carbocycles. The molecule has 3 heterocycles. The van der Waals surface area contributed by atoms with E-state index in [1.54, 1.807) is 54.4 Å². The van der Waals surface area contributed by atoms with Gasteiger partial charge in [-0.2, -0.15) is 0 Å². The van der Waals surface area contributed by atoms with Gasteiger partial charge in [0.15, 0.2) is 0 Å². The average Bonchev–Trinajstić information content (AvgIpc) is 3.67. The summed E-state index contributed by atoms with van der Waals surface area (Å²) in [4.78, 5) is 58.4. The first-order valence-electron chi connectivity index (χ1n) is 15.5. The van der Waals surface area contributed by atoms with Crippen LogP contribution in [0.2, 0.25) is 0 Å². The molecule has 11 heteroatoms. The molecule has 0 radical (unpaired) electrons. The smallest absolute Gasteiger partial charge is 0.249 e. The molecular weight excluding hydrogens is 550 g/mol. The number of hydrogen-bond donors (Lipinski definition) is 3. The second-order valence-corrected chi connectivity index (χ2v) is 11.9. The molecule has 0 unspecified atom stereocenters. The van der Waals surface area contributed by atoms with Crippen molar-refractivity contribution < 1.29 is 28.7 Å². The molecule has 11 nitrogen and oxygen atoms in total. The van der Waals surface area contributed by atoms with Crippen LogP contribution >= 0.6 is 0 Å². The van der Waals surface area contributed by atoms with Crippen molar-refractivity contribution >= 4 is 29.7 Å². The van der Waals surface area contributed by atoms with Gasteiger partial charge >= 0.3 is 0 Å². The normalized spacial score (nSPS) is 25.4. The summed E-state index contributed by atoms with van der Waals surface area (Å²) in [6.45, 7) is 8.63. The van der Waals surface area contributed by atoms with E-state index in [0.717, 1.165) is 6.42 Å². The van der Waals surface area contributed by atoms with Gasteiger partial charge in [0, 0.05) is 31.3 Å². The lowest BCUT2D eigenvalue weighted by molar-refractivity contribution is -0.150. The number of nitrogens with zero attached hydrogens (tertiary/aromatic N) is 2. The number of carbonyl (C=O) groups is 4. The van der Waals surface area contributed by atoms with E-state index in [4.69, 9.17) is 9.47 Å². The highest BCUT2D eigenvalue weighted by Crippen LogP contribution is 2.32. The van der Waals surface area contributed by atoms with Crippen LogP contribution < -0.4 is 25.4 Å². The van der Waals surface area contributed by atoms with Gasteiger partial charge in [-0.3, -0.25) is 19.2 Å². The van der Waals surface area contributed by atoms with Crippen molar-refractivity contribution in [1.82, 2.24) is 25.8 Å². The molecule has 2 saturated heterocycles. The molecule has 236 valence electrons. The first-order valence-corrected chi connectivity index (χ1v) is 15.5. The Morgan fingerprint density at radius 2 is 1.81 bits per heavy atom. The molecule has 3 aliphatic rings. The molecular formula is C32H47N5O6. The lowest BCUT2D eigenvalue weighted by atomic mass is 9.94. The van der Waals surface area contributed by atoms with Crippen molar-refractivity contribution in [3.05, 3.63) is 30.0 Å². The van der Waals surface area contributed by atoms with Crippen LogP contribution in [0.3, 0.4) is 0 Å². The van der Waals surface area contributed by atoms with E-state index < -0.39 is 30.3 Å². The molecule has 0 spiro atoms. The zero-order valence-electron chi connectivity index (χ0n) is 26.2. The van der Waals surface area contributed by atoms with Gasteiger partial charge in [0.25, 0.3) is 0 Å². The summed E-state index contributed by atoms with van der Waals surface area (Å²) in [5, 5.41) is 8.93. The van der Waals surface area contributed by atoms with E-state index >= 15 is 0 Å². The lowest BCUT2D eigenvalue weighted by Gasteiger charge is -2.36. The molecule has 4 amide bonds. The number of likely N-dealkylation sites (tertiary alicyclic amines) is 1. The fraction of sp³-hybridized carbons (Fsp3) is 0.625. The van der Waals surface area contributed by atoms with Gasteiger partial charge in [-0.15, -0.1) is 0 Å². The third kappa shape index (κ3) is 6.82. The van der Waals surface area contributed by atoms with Crippen molar-refractivity contribution in [2.24, 2.45) is 11.8 Å². The van der Waals surface area contributed by atoms with Crippen molar-refractivity contribution in [3.63, 3.8) is 0 Å². The zero-order chi connectivity index (χ0) is 31.3. The number of ether oxygens (including phenoxy) is 2. The fourth-order valence-electron chi connectivity index (χ4n) is 6.32. The Labute approximate surface area is 254 Å².